The second-order valence-electron chi connectivity index (χ2n) is 4.25. The van der Waals surface area contributed by atoms with E-state index in [1.54, 1.807) is 0 Å². The van der Waals surface area contributed by atoms with Crippen LogP contribution in [0.2, 0.25) is 0 Å². The maximum Gasteiger partial charge on any atom is 0.114 e. The van der Waals surface area contributed by atoms with Gasteiger partial charge in [-0.25, -0.2) is 4.98 Å². The fourth-order valence-electron chi connectivity index (χ4n) is 2.25. The van der Waals surface area contributed by atoms with E-state index in [2.05, 4.69) is 39.7 Å². The van der Waals surface area contributed by atoms with Crippen molar-refractivity contribution in [3.8, 4) is 11.3 Å². The van der Waals surface area contributed by atoms with Gasteiger partial charge in [0.05, 0.1) is 17.4 Å². The topological polar surface area (TPSA) is 43.3 Å². The fraction of sp³-hybridized carbons (Fsp3) is 0.133. The van der Waals surface area contributed by atoms with Gasteiger partial charge in [-0.2, -0.15) is 0 Å². The molecule has 1 aromatic carbocycles. The first kappa shape index (κ1) is 11.0. The third-order valence-corrected chi connectivity index (χ3v) is 3.06. The van der Waals surface area contributed by atoms with Gasteiger partial charge in [-0.1, -0.05) is 36.4 Å². The number of nitrogens with zero attached hydrogens (tertiary/aromatic N) is 2. The number of imidazole rings is 1. The first-order valence-electron chi connectivity index (χ1n) is 6.11. The summed E-state index contributed by atoms with van der Waals surface area (Å²) in [4.78, 5) is 4.45. The highest BCUT2D eigenvalue weighted by Crippen LogP contribution is 2.22. The molecule has 0 spiro atoms. The van der Waals surface area contributed by atoms with Gasteiger partial charge in [0.15, 0.2) is 0 Å². The Morgan fingerprint density at radius 1 is 1.00 bits per heavy atom. The normalized spacial score (nSPS) is 10.9. The Bertz CT molecular complexity index is 656. The molecule has 18 heavy (non-hydrogen) atoms. The molecule has 90 valence electrons. The molecule has 2 aromatic heterocycles. The minimum absolute atomic E-state index is 0.613. The Morgan fingerprint density at radius 3 is 2.61 bits per heavy atom. The summed E-state index contributed by atoms with van der Waals surface area (Å²) in [5.41, 5.74) is 9.11. The van der Waals surface area contributed by atoms with E-state index < -0.39 is 0 Å². The molecule has 0 bridgehead atoms. The van der Waals surface area contributed by atoms with E-state index in [1.165, 1.54) is 5.56 Å². The number of fused-ring (bicyclic) bond motifs is 1. The van der Waals surface area contributed by atoms with Gasteiger partial charge in [-0.3, -0.25) is 4.40 Å². The van der Waals surface area contributed by atoms with E-state index in [1.807, 2.05) is 24.4 Å². The Balaban J connectivity index is 2.25. The zero-order chi connectivity index (χ0) is 12.4. The van der Waals surface area contributed by atoms with Crippen LogP contribution in [-0.2, 0) is 6.42 Å². The first-order chi connectivity index (χ1) is 8.90. The molecule has 0 aliphatic carbocycles. The number of hydrogen-bond donors (Lipinski definition) is 1. The van der Waals surface area contributed by atoms with Gasteiger partial charge < -0.3 is 5.73 Å². The van der Waals surface area contributed by atoms with Gasteiger partial charge in [0, 0.05) is 6.42 Å². The molecule has 0 saturated carbocycles. The Morgan fingerprint density at radius 2 is 1.83 bits per heavy atom. The SMILES string of the molecule is NCCc1ncc2cccc(-c3ccccc3)n12. The molecule has 0 aliphatic heterocycles. The van der Waals surface area contributed by atoms with E-state index in [0.717, 1.165) is 23.5 Å². The lowest BCUT2D eigenvalue weighted by Gasteiger charge is -2.08. The standard InChI is InChI=1S/C15H15N3/c16-10-9-15-17-11-13-7-4-8-14(18(13)15)12-5-2-1-3-6-12/h1-8,11H,9-10,16H2. The van der Waals surface area contributed by atoms with E-state index in [9.17, 15) is 0 Å². The molecular formula is C15H15N3. The van der Waals surface area contributed by atoms with Crippen molar-refractivity contribution in [1.29, 1.82) is 0 Å². The lowest BCUT2D eigenvalue weighted by Crippen LogP contribution is -2.07. The first-order valence-corrected chi connectivity index (χ1v) is 6.11. The molecule has 0 radical (unpaired) electrons. The molecule has 2 heterocycles. The maximum absolute atomic E-state index is 5.65. The highest BCUT2D eigenvalue weighted by Gasteiger charge is 2.08. The van der Waals surface area contributed by atoms with E-state index in [-0.39, 0.29) is 0 Å². The van der Waals surface area contributed by atoms with Crippen molar-refractivity contribution in [3.63, 3.8) is 0 Å². The van der Waals surface area contributed by atoms with E-state index >= 15 is 0 Å². The van der Waals surface area contributed by atoms with Gasteiger partial charge in [-0.05, 0) is 24.2 Å². The zero-order valence-corrected chi connectivity index (χ0v) is 10.1. The summed E-state index contributed by atoms with van der Waals surface area (Å²) >= 11 is 0. The number of hydrogen-bond acceptors (Lipinski definition) is 2. The van der Waals surface area contributed by atoms with Gasteiger partial charge in [0.25, 0.3) is 0 Å². The molecule has 2 N–H and O–H groups in total. The van der Waals surface area contributed by atoms with Crippen molar-refractivity contribution in [3.05, 3.63) is 60.6 Å². The maximum atomic E-state index is 5.65. The van der Waals surface area contributed by atoms with Crippen molar-refractivity contribution >= 4 is 5.52 Å². The second-order valence-corrected chi connectivity index (χ2v) is 4.25. The van der Waals surface area contributed by atoms with Gasteiger partial charge in [0.2, 0.25) is 0 Å². The summed E-state index contributed by atoms with van der Waals surface area (Å²) in [5, 5.41) is 0. The number of pyridine rings is 1. The largest absolute Gasteiger partial charge is 0.330 e. The van der Waals surface area contributed by atoms with Crippen LogP contribution in [-0.4, -0.2) is 15.9 Å². The molecule has 3 rings (SSSR count). The second kappa shape index (κ2) is 4.63. The zero-order valence-electron chi connectivity index (χ0n) is 10.1. The summed E-state index contributed by atoms with van der Waals surface area (Å²) in [6, 6.07) is 16.6. The molecule has 3 nitrogen and oxygen atoms in total. The highest BCUT2D eigenvalue weighted by atomic mass is 15.0. The monoisotopic (exact) mass is 237 g/mol. The van der Waals surface area contributed by atoms with Crippen LogP contribution in [0.15, 0.2) is 54.7 Å². The summed E-state index contributed by atoms with van der Waals surface area (Å²) in [7, 11) is 0. The molecule has 0 unspecified atom stereocenters. The van der Waals surface area contributed by atoms with Crippen LogP contribution in [0.3, 0.4) is 0 Å². The van der Waals surface area contributed by atoms with Crippen LogP contribution in [0.25, 0.3) is 16.8 Å². The highest BCUT2D eigenvalue weighted by molar-refractivity contribution is 5.65. The third kappa shape index (κ3) is 1.79. The summed E-state index contributed by atoms with van der Waals surface area (Å²) < 4.78 is 2.18. The number of nitrogens with two attached hydrogens (primary N) is 1. The molecule has 0 saturated heterocycles. The van der Waals surface area contributed by atoms with Crippen LogP contribution < -0.4 is 5.73 Å². The third-order valence-electron chi connectivity index (χ3n) is 3.06. The van der Waals surface area contributed by atoms with Gasteiger partial charge in [0.1, 0.15) is 5.82 Å². The average Bonchev–Trinajstić information content (AvgIpc) is 2.84. The van der Waals surface area contributed by atoms with Crippen LogP contribution in [0.5, 0.6) is 0 Å². The minimum atomic E-state index is 0.613. The van der Waals surface area contributed by atoms with Crippen LogP contribution in [0.4, 0.5) is 0 Å². The molecule has 0 atom stereocenters. The summed E-state index contributed by atoms with van der Waals surface area (Å²) in [5.74, 6) is 1.02. The quantitative estimate of drug-likeness (QED) is 0.760. The summed E-state index contributed by atoms with van der Waals surface area (Å²) in [6.07, 6.45) is 2.69. The van der Waals surface area contributed by atoms with E-state index in [4.69, 9.17) is 5.73 Å². The number of benzene rings is 1. The van der Waals surface area contributed by atoms with Crippen molar-refractivity contribution in [1.82, 2.24) is 9.38 Å². The van der Waals surface area contributed by atoms with Crippen LogP contribution >= 0.6 is 0 Å². The Kier molecular flexibility index (Phi) is 2.82. The van der Waals surface area contributed by atoms with Crippen LogP contribution in [0.1, 0.15) is 5.82 Å². The van der Waals surface area contributed by atoms with Gasteiger partial charge >= 0.3 is 0 Å². The van der Waals surface area contributed by atoms with Crippen molar-refractivity contribution in [2.75, 3.05) is 6.54 Å². The smallest absolute Gasteiger partial charge is 0.114 e. The number of aromatic nitrogens is 2. The fourth-order valence-corrected chi connectivity index (χ4v) is 2.25. The molecule has 3 aromatic rings. The van der Waals surface area contributed by atoms with Gasteiger partial charge in [-0.15, -0.1) is 0 Å². The minimum Gasteiger partial charge on any atom is -0.330 e. The Labute approximate surface area is 106 Å². The summed E-state index contributed by atoms with van der Waals surface area (Å²) in [6.45, 7) is 0.613. The molecule has 3 heteroatoms. The molecule has 0 fully saturated rings. The van der Waals surface area contributed by atoms with Crippen LogP contribution in [0, 0.1) is 0 Å². The molecule has 0 aliphatic rings. The predicted molar refractivity (Wildman–Crippen MR) is 73.4 cm³/mol. The van der Waals surface area contributed by atoms with Crippen molar-refractivity contribution in [2.24, 2.45) is 5.73 Å². The average molecular weight is 237 g/mol. The van der Waals surface area contributed by atoms with Crippen molar-refractivity contribution < 1.29 is 0 Å². The predicted octanol–water partition coefficient (Wildman–Crippen LogP) is 2.50. The molecule has 0 amide bonds. The molecular weight excluding hydrogens is 222 g/mol. The van der Waals surface area contributed by atoms with Crippen molar-refractivity contribution in [2.45, 2.75) is 6.42 Å². The lowest BCUT2D eigenvalue weighted by atomic mass is 10.1. The van der Waals surface area contributed by atoms with E-state index in [0.29, 0.717) is 6.54 Å². The number of rotatable bonds is 3. The lowest BCUT2D eigenvalue weighted by molar-refractivity contribution is 0.866. The Hall–Kier alpha value is -2.13.